The first-order chi connectivity index (χ1) is 10.6. The number of para-hydroxylation sites is 1. The molecule has 0 radical (unpaired) electrons. The van der Waals surface area contributed by atoms with Crippen molar-refractivity contribution in [3.05, 3.63) is 67.6 Å². The number of H-pyrrole nitrogens is 1. The van der Waals surface area contributed by atoms with E-state index in [4.69, 9.17) is 11.6 Å². The highest BCUT2D eigenvalue weighted by molar-refractivity contribution is 7.16. The number of aromatic amines is 1. The molecule has 0 aliphatic heterocycles. The van der Waals surface area contributed by atoms with Crippen molar-refractivity contribution in [1.82, 2.24) is 10.3 Å². The van der Waals surface area contributed by atoms with Gasteiger partial charge in [-0.1, -0.05) is 29.8 Å². The van der Waals surface area contributed by atoms with E-state index < -0.39 is 6.10 Å². The van der Waals surface area contributed by atoms with Crippen LogP contribution in [0.1, 0.15) is 16.5 Å². The number of aromatic nitrogens is 1. The number of benzene rings is 1. The second kappa shape index (κ2) is 6.62. The predicted octanol–water partition coefficient (Wildman–Crippen LogP) is 3.07. The summed E-state index contributed by atoms with van der Waals surface area (Å²) in [4.78, 5) is 15.7. The second-order valence-corrected chi connectivity index (χ2v) is 6.75. The number of aliphatic hydroxyl groups excluding tert-OH is 1. The summed E-state index contributed by atoms with van der Waals surface area (Å²) in [5.74, 6) is 0. The molecule has 0 fully saturated rings. The van der Waals surface area contributed by atoms with Crippen molar-refractivity contribution in [3.63, 3.8) is 0 Å². The molecule has 1 aromatic carbocycles. The lowest BCUT2D eigenvalue weighted by atomic mass is 10.1. The maximum absolute atomic E-state index is 12.0. The molecule has 0 spiro atoms. The number of fused-ring (bicyclic) bond motifs is 1. The number of hydrogen-bond donors (Lipinski definition) is 3. The van der Waals surface area contributed by atoms with Gasteiger partial charge in [0.1, 0.15) is 6.10 Å². The Hall–Kier alpha value is -1.66. The maximum Gasteiger partial charge on any atom is 0.252 e. The van der Waals surface area contributed by atoms with Crippen molar-refractivity contribution in [3.8, 4) is 0 Å². The van der Waals surface area contributed by atoms with Crippen LogP contribution in [0.4, 0.5) is 0 Å². The van der Waals surface area contributed by atoms with Gasteiger partial charge in [0.15, 0.2) is 0 Å². The Balaban J connectivity index is 1.66. The Labute approximate surface area is 136 Å². The van der Waals surface area contributed by atoms with Gasteiger partial charge in [-0.3, -0.25) is 4.79 Å². The lowest BCUT2D eigenvalue weighted by Gasteiger charge is -2.10. The molecule has 6 heteroatoms. The summed E-state index contributed by atoms with van der Waals surface area (Å²) < 4.78 is 0.653. The third kappa shape index (κ3) is 3.39. The molecule has 3 rings (SSSR count). The van der Waals surface area contributed by atoms with Gasteiger partial charge in [0.05, 0.1) is 4.34 Å². The smallest absolute Gasteiger partial charge is 0.252 e. The number of halogens is 1. The first-order valence-corrected chi connectivity index (χ1v) is 8.08. The van der Waals surface area contributed by atoms with Crippen LogP contribution in [-0.4, -0.2) is 16.6 Å². The number of rotatable bonds is 5. The van der Waals surface area contributed by atoms with Crippen molar-refractivity contribution in [2.24, 2.45) is 0 Å². The molecule has 114 valence electrons. The van der Waals surface area contributed by atoms with E-state index in [1.54, 1.807) is 6.07 Å². The fourth-order valence-electron chi connectivity index (χ4n) is 2.28. The predicted molar refractivity (Wildman–Crippen MR) is 90.6 cm³/mol. The molecule has 0 bridgehead atoms. The van der Waals surface area contributed by atoms with Crippen LogP contribution in [0.5, 0.6) is 0 Å². The van der Waals surface area contributed by atoms with Crippen LogP contribution in [-0.2, 0) is 6.54 Å². The van der Waals surface area contributed by atoms with E-state index in [-0.39, 0.29) is 5.56 Å². The highest BCUT2D eigenvalue weighted by Gasteiger charge is 2.10. The van der Waals surface area contributed by atoms with Crippen molar-refractivity contribution >= 4 is 33.8 Å². The molecule has 3 N–H and O–H groups in total. The van der Waals surface area contributed by atoms with Crippen LogP contribution >= 0.6 is 22.9 Å². The normalized spacial score (nSPS) is 12.6. The molecule has 3 aromatic rings. The Morgan fingerprint density at radius 2 is 2.09 bits per heavy atom. The summed E-state index contributed by atoms with van der Waals surface area (Å²) in [5, 5.41) is 14.2. The third-order valence-corrected chi connectivity index (χ3v) is 4.74. The molecule has 0 saturated heterocycles. The fraction of sp³-hybridized carbons (Fsp3) is 0.188. The minimum Gasteiger partial charge on any atom is -0.386 e. The summed E-state index contributed by atoms with van der Waals surface area (Å²) in [6.07, 6.45) is -0.628. The van der Waals surface area contributed by atoms with Crippen LogP contribution < -0.4 is 10.9 Å². The topological polar surface area (TPSA) is 65.1 Å². The van der Waals surface area contributed by atoms with Crippen LogP contribution in [0.2, 0.25) is 4.34 Å². The van der Waals surface area contributed by atoms with E-state index in [2.05, 4.69) is 10.3 Å². The number of nitrogens with one attached hydrogen (secondary N) is 2. The molecule has 0 aliphatic rings. The molecule has 0 amide bonds. The molecule has 1 unspecified atom stereocenters. The zero-order valence-corrected chi connectivity index (χ0v) is 13.2. The van der Waals surface area contributed by atoms with Gasteiger partial charge in [-0.2, -0.15) is 0 Å². The van der Waals surface area contributed by atoms with E-state index in [1.807, 2.05) is 36.4 Å². The molecular weight excluding hydrogens is 320 g/mol. The average Bonchev–Trinajstić information content (AvgIpc) is 2.94. The fourth-order valence-corrected chi connectivity index (χ4v) is 3.32. The molecule has 22 heavy (non-hydrogen) atoms. The molecule has 4 nitrogen and oxygen atoms in total. The minimum absolute atomic E-state index is 0.111. The Morgan fingerprint density at radius 1 is 1.27 bits per heavy atom. The van der Waals surface area contributed by atoms with E-state index in [1.165, 1.54) is 11.3 Å². The molecule has 0 saturated carbocycles. The largest absolute Gasteiger partial charge is 0.386 e. The summed E-state index contributed by atoms with van der Waals surface area (Å²) in [6.45, 7) is 0.763. The van der Waals surface area contributed by atoms with Gasteiger partial charge in [-0.25, -0.2) is 0 Å². The quantitative estimate of drug-likeness (QED) is 0.672. The van der Waals surface area contributed by atoms with E-state index in [0.29, 0.717) is 23.0 Å². The Kier molecular flexibility index (Phi) is 4.59. The third-order valence-electron chi connectivity index (χ3n) is 3.41. The van der Waals surface area contributed by atoms with Crippen molar-refractivity contribution < 1.29 is 5.11 Å². The SMILES string of the molecule is O=c1[nH]c2ccccc2cc1CNCC(O)c1ccc(Cl)s1. The number of pyridine rings is 1. The Bertz CT molecular complexity index is 843. The number of aliphatic hydroxyl groups is 1. The number of thiophene rings is 1. The lowest BCUT2D eigenvalue weighted by molar-refractivity contribution is 0.178. The highest BCUT2D eigenvalue weighted by Crippen LogP contribution is 2.26. The first-order valence-electron chi connectivity index (χ1n) is 6.88. The summed E-state index contributed by atoms with van der Waals surface area (Å²) in [5.41, 5.74) is 1.36. The summed E-state index contributed by atoms with van der Waals surface area (Å²) >= 11 is 7.21. The Morgan fingerprint density at radius 3 is 2.86 bits per heavy atom. The van der Waals surface area contributed by atoms with Crippen LogP contribution in [0, 0.1) is 0 Å². The summed E-state index contributed by atoms with van der Waals surface area (Å²) in [6, 6.07) is 13.1. The monoisotopic (exact) mass is 334 g/mol. The van der Waals surface area contributed by atoms with Crippen LogP contribution in [0.3, 0.4) is 0 Å². The first kappa shape index (κ1) is 15.2. The molecule has 1 atom stereocenters. The zero-order valence-electron chi connectivity index (χ0n) is 11.7. The van der Waals surface area contributed by atoms with Crippen molar-refractivity contribution in [1.29, 1.82) is 0 Å². The molecule has 0 aliphatic carbocycles. The van der Waals surface area contributed by atoms with Crippen LogP contribution in [0.25, 0.3) is 10.9 Å². The van der Waals surface area contributed by atoms with Gasteiger partial charge < -0.3 is 15.4 Å². The highest BCUT2D eigenvalue weighted by atomic mass is 35.5. The van der Waals surface area contributed by atoms with E-state index >= 15 is 0 Å². The standard InChI is InChI=1S/C16H15ClN2O2S/c17-15-6-5-14(22-15)13(20)9-18-8-11-7-10-3-1-2-4-12(10)19-16(11)21/h1-7,13,18,20H,8-9H2,(H,19,21). The molecule has 2 aromatic heterocycles. The zero-order chi connectivity index (χ0) is 15.5. The van der Waals surface area contributed by atoms with Crippen LogP contribution in [0.15, 0.2) is 47.3 Å². The molecule has 2 heterocycles. The maximum atomic E-state index is 12.0. The molecular formula is C16H15ClN2O2S. The van der Waals surface area contributed by atoms with Crippen molar-refractivity contribution in [2.45, 2.75) is 12.6 Å². The van der Waals surface area contributed by atoms with Gasteiger partial charge in [0.25, 0.3) is 5.56 Å². The van der Waals surface area contributed by atoms with Gasteiger partial charge in [0, 0.05) is 29.0 Å². The van der Waals surface area contributed by atoms with E-state index in [0.717, 1.165) is 15.8 Å². The van der Waals surface area contributed by atoms with Gasteiger partial charge >= 0.3 is 0 Å². The van der Waals surface area contributed by atoms with Gasteiger partial charge in [-0.05, 0) is 29.7 Å². The van der Waals surface area contributed by atoms with Gasteiger partial charge in [-0.15, -0.1) is 11.3 Å². The van der Waals surface area contributed by atoms with Gasteiger partial charge in [0.2, 0.25) is 0 Å². The minimum atomic E-state index is -0.628. The lowest BCUT2D eigenvalue weighted by Crippen LogP contribution is -2.24. The second-order valence-electron chi connectivity index (χ2n) is 5.00. The average molecular weight is 335 g/mol. The van der Waals surface area contributed by atoms with Crippen molar-refractivity contribution in [2.75, 3.05) is 6.54 Å². The van der Waals surface area contributed by atoms with E-state index in [9.17, 15) is 9.90 Å². The summed E-state index contributed by atoms with van der Waals surface area (Å²) in [7, 11) is 0. The number of hydrogen-bond acceptors (Lipinski definition) is 4.